The summed E-state index contributed by atoms with van der Waals surface area (Å²) in [7, 11) is 0. The summed E-state index contributed by atoms with van der Waals surface area (Å²) in [4.78, 5) is 34.4. The fourth-order valence-electron chi connectivity index (χ4n) is 3.16. The quantitative estimate of drug-likeness (QED) is 0.428. The first-order valence-corrected chi connectivity index (χ1v) is 8.41. The van der Waals surface area contributed by atoms with Crippen molar-refractivity contribution in [3.8, 4) is 0 Å². The minimum atomic E-state index is -1.14. The molecule has 2 aromatic rings. The van der Waals surface area contributed by atoms with Gasteiger partial charge in [-0.15, -0.1) is 0 Å². The Hall–Kier alpha value is -3.26. The number of aryl methyl sites for hydroxylation is 1. The molecule has 140 valence electrons. The number of nitrogens with zero attached hydrogens (tertiary/aromatic N) is 1. The zero-order valence-electron chi connectivity index (χ0n) is 14.7. The molecule has 1 aliphatic rings. The van der Waals surface area contributed by atoms with Crippen LogP contribution in [0.25, 0.3) is 0 Å². The highest BCUT2D eigenvalue weighted by Gasteiger charge is 2.35. The fourth-order valence-corrected chi connectivity index (χ4v) is 3.16. The Morgan fingerprint density at radius 2 is 1.78 bits per heavy atom. The molecule has 3 rings (SSSR count). The predicted octanol–water partition coefficient (Wildman–Crippen LogP) is 1.49. The van der Waals surface area contributed by atoms with E-state index in [4.69, 9.17) is 0 Å². The summed E-state index contributed by atoms with van der Waals surface area (Å²) in [5.74, 6) is -1.86. The number of hydrogen-bond acceptors (Lipinski definition) is 5. The van der Waals surface area contributed by atoms with Gasteiger partial charge in [-0.05, 0) is 23.6 Å². The highest BCUT2D eigenvalue weighted by atomic mass is 16.6. The summed E-state index contributed by atoms with van der Waals surface area (Å²) < 4.78 is 0. The van der Waals surface area contributed by atoms with Crippen molar-refractivity contribution in [3.63, 3.8) is 0 Å². The molecule has 0 aromatic heterocycles. The summed E-state index contributed by atoms with van der Waals surface area (Å²) in [6, 6.07) is 11.6. The lowest BCUT2D eigenvalue weighted by molar-refractivity contribution is -0.384. The Kier molecular flexibility index (Phi) is 4.91. The third kappa shape index (κ3) is 4.12. The number of non-ortho nitro benzene ring substituents is 1. The van der Waals surface area contributed by atoms with Crippen LogP contribution in [-0.4, -0.2) is 34.0 Å². The van der Waals surface area contributed by atoms with Gasteiger partial charge in [-0.3, -0.25) is 19.7 Å². The summed E-state index contributed by atoms with van der Waals surface area (Å²) in [5.41, 5.74) is 1.50. The van der Waals surface area contributed by atoms with Crippen LogP contribution in [0.3, 0.4) is 0 Å². The van der Waals surface area contributed by atoms with E-state index in [0.717, 1.165) is 11.1 Å². The molecule has 0 bridgehead atoms. The van der Waals surface area contributed by atoms with Crippen molar-refractivity contribution in [2.45, 2.75) is 25.4 Å². The van der Waals surface area contributed by atoms with Crippen LogP contribution < -0.4 is 10.6 Å². The van der Waals surface area contributed by atoms with Crippen molar-refractivity contribution in [2.24, 2.45) is 0 Å². The molecule has 0 unspecified atom stereocenters. The number of carbonyl (C=O) groups is 2. The Balaban J connectivity index is 1.60. The molecule has 2 aromatic carbocycles. The number of nitrogens with one attached hydrogen (secondary N) is 2. The van der Waals surface area contributed by atoms with Gasteiger partial charge in [-0.2, -0.15) is 0 Å². The average Bonchev–Trinajstić information content (AvgIpc) is 2.97. The Bertz CT molecular complexity index is 900. The maximum Gasteiger partial charge on any atom is 0.313 e. The molecule has 2 amide bonds. The zero-order chi connectivity index (χ0) is 19.6. The first-order valence-electron chi connectivity index (χ1n) is 8.41. The van der Waals surface area contributed by atoms with Gasteiger partial charge >= 0.3 is 11.8 Å². The van der Waals surface area contributed by atoms with Gasteiger partial charge < -0.3 is 15.7 Å². The molecule has 8 nitrogen and oxygen atoms in total. The number of nitro benzene ring substituents is 1. The minimum absolute atomic E-state index is 0.0676. The van der Waals surface area contributed by atoms with Gasteiger partial charge in [0.1, 0.15) is 0 Å². The van der Waals surface area contributed by atoms with Crippen LogP contribution in [0.4, 0.5) is 11.4 Å². The molecular formula is C19H19N3O5. The van der Waals surface area contributed by atoms with Crippen molar-refractivity contribution in [1.82, 2.24) is 5.32 Å². The van der Waals surface area contributed by atoms with Crippen molar-refractivity contribution in [2.75, 3.05) is 11.9 Å². The van der Waals surface area contributed by atoms with E-state index >= 15 is 0 Å². The lowest BCUT2D eigenvalue weighted by atomic mass is 10.0. The maximum atomic E-state index is 12.1. The third-order valence-electron chi connectivity index (χ3n) is 4.62. The van der Waals surface area contributed by atoms with Crippen LogP contribution in [0.15, 0.2) is 42.5 Å². The van der Waals surface area contributed by atoms with E-state index in [1.54, 1.807) is 6.92 Å². The van der Waals surface area contributed by atoms with Gasteiger partial charge in [-0.25, -0.2) is 0 Å². The number of benzene rings is 2. The Labute approximate surface area is 155 Å². The number of amides is 2. The van der Waals surface area contributed by atoms with Crippen LogP contribution in [0.2, 0.25) is 0 Å². The van der Waals surface area contributed by atoms with Gasteiger partial charge in [0.05, 0.1) is 16.2 Å². The second kappa shape index (κ2) is 7.16. The molecule has 0 spiro atoms. The number of aliphatic hydroxyl groups is 1. The van der Waals surface area contributed by atoms with Crippen molar-refractivity contribution >= 4 is 23.2 Å². The normalized spacial score (nSPS) is 14.3. The number of rotatable bonds is 4. The molecule has 0 radical (unpaired) electrons. The summed E-state index contributed by atoms with van der Waals surface area (Å²) in [5, 5.41) is 26.3. The lowest BCUT2D eigenvalue weighted by Gasteiger charge is -2.22. The predicted molar refractivity (Wildman–Crippen MR) is 98.3 cm³/mol. The average molecular weight is 369 g/mol. The fraction of sp³-hybridized carbons (Fsp3) is 0.263. The van der Waals surface area contributed by atoms with Crippen molar-refractivity contribution < 1.29 is 19.6 Å². The van der Waals surface area contributed by atoms with Gasteiger partial charge in [0.25, 0.3) is 5.69 Å². The number of anilines is 1. The maximum absolute atomic E-state index is 12.1. The van der Waals surface area contributed by atoms with Gasteiger partial charge in [0, 0.05) is 31.5 Å². The van der Waals surface area contributed by atoms with Crippen LogP contribution >= 0.6 is 0 Å². The standard InChI is InChI=1S/C19H19N3O5/c1-12-6-7-15(22(26)27)8-16(12)21-18(24)17(23)20-11-19(25)9-13-4-2-3-5-14(13)10-19/h2-8,25H,9-11H2,1H3,(H,20,23)(H,21,24). The second-order valence-corrected chi connectivity index (χ2v) is 6.74. The number of hydrogen-bond donors (Lipinski definition) is 3. The smallest absolute Gasteiger partial charge is 0.313 e. The largest absolute Gasteiger partial charge is 0.387 e. The molecule has 0 atom stereocenters. The first kappa shape index (κ1) is 18.5. The second-order valence-electron chi connectivity index (χ2n) is 6.74. The van der Waals surface area contributed by atoms with Crippen LogP contribution in [-0.2, 0) is 22.4 Å². The zero-order valence-corrected chi connectivity index (χ0v) is 14.7. The molecule has 3 N–H and O–H groups in total. The Morgan fingerprint density at radius 1 is 1.15 bits per heavy atom. The molecule has 0 fully saturated rings. The van der Waals surface area contributed by atoms with Crippen molar-refractivity contribution in [1.29, 1.82) is 0 Å². The third-order valence-corrected chi connectivity index (χ3v) is 4.62. The summed E-state index contributed by atoms with van der Waals surface area (Å²) in [6.07, 6.45) is 0.796. The highest BCUT2D eigenvalue weighted by Crippen LogP contribution is 2.29. The van der Waals surface area contributed by atoms with E-state index in [0.29, 0.717) is 18.4 Å². The molecule has 0 heterocycles. The highest BCUT2D eigenvalue weighted by molar-refractivity contribution is 6.39. The van der Waals surface area contributed by atoms with E-state index in [9.17, 15) is 24.8 Å². The molecule has 0 aliphatic heterocycles. The molecular weight excluding hydrogens is 350 g/mol. The lowest BCUT2D eigenvalue weighted by Crippen LogP contribution is -2.46. The number of carbonyl (C=O) groups excluding carboxylic acids is 2. The first-order chi connectivity index (χ1) is 12.8. The summed E-state index contributed by atoms with van der Waals surface area (Å²) >= 11 is 0. The van der Waals surface area contributed by atoms with E-state index in [-0.39, 0.29) is 17.9 Å². The van der Waals surface area contributed by atoms with Crippen LogP contribution in [0, 0.1) is 17.0 Å². The number of fused-ring (bicyclic) bond motifs is 1. The van der Waals surface area contributed by atoms with E-state index in [1.165, 1.54) is 18.2 Å². The van der Waals surface area contributed by atoms with Gasteiger partial charge in [-0.1, -0.05) is 30.3 Å². The SMILES string of the molecule is Cc1ccc([N+](=O)[O-])cc1NC(=O)C(=O)NCC1(O)Cc2ccccc2C1. The van der Waals surface area contributed by atoms with Crippen molar-refractivity contribution in [3.05, 3.63) is 69.3 Å². The monoisotopic (exact) mass is 369 g/mol. The number of nitro groups is 1. The van der Waals surface area contributed by atoms with E-state index < -0.39 is 22.3 Å². The minimum Gasteiger partial charge on any atom is -0.387 e. The van der Waals surface area contributed by atoms with E-state index in [2.05, 4.69) is 10.6 Å². The topological polar surface area (TPSA) is 122 Å². The molecule has 8 heteroatoms. The molecule has 27 heavy (non-hydrogen) atoms. The van der Waals surface area contributed by atoms with Crippen LogP contribution in [0.1, 0.15) is 16.7 Å². The molecule has 0 saturated heterocycles. The molecule has 0 saturated carbocycles. The van der Waals surface area contributed by atoms with Gasteiger partial charge in [0.15, 0.2) is 0 Å². The summed E-state index contributed by atoms with van der Waals surface area (Å²) in [6.45, 7) is 1.59. The van der Waals surface area contributed by atoms with Crippen LogP contribution in [0.5, 0.6) is 0 Å². The molecule has 1 aliphatic carbocycles. The van der Waals surface area contributed by atoms with Gasteiger partial charge in [0.2, 0.25) is 0 Å². The van der Waals surface area contributed by atoms with E-state index in [1.807, 2.05) is 24.3 Å². The Morgan fingerprint density at radius 3 is 2.37 bits per heavy atom.